The lowest BCUT2D eigenvalue weighted by atomic mass is 10.2. The van der Waals surface area contributed by atoms with Crippen molar-refractivity contribution in [3.05, 3.63) is 47.5 Å². The molecule has 106 valence electrons. The highest BCUT2D eigenvalue weighted by molar-refractivity contribution is 5.42. The number of alkyl halides is 3. The van der Waals surface area contributed by atoms with Gasteiger partial charge in [0.2, 0.25) is 0 Å². The number of halogens is 3. The quantitative estimate of drug-likeness (QED) is 0.908. The first-order valence-electron chi connectivity index (χ1n) is 5.79. The summed E-state index contributed by atoms with van der Waals surface area (Å²) in [4.78, 5) is 7.46. The number of nitrogens with one attached hydrogen (secondary N) is 1. The molecule has 0 amide bonds. The highest BCUT2D eigenvalue weighted by atomic mass is 19.4. The fourth-order valence-electron chi connectivity index (χ4n) is 1.59. The minimum atomic E-state index is -4.45. The van der Waals surface area contributed by atoms with Crippen molar-refractivity contribution in [2.24, 2.45) is 0 Å². The molecule has 0 fully saturated rings. The van der Waals surface area contributed by atoms with E-state index in [4.69, 9.17) is 0 Å². The predicted octanol–water partition coefficient (Wildman–Crippen LogP) is 3.12. The van der Waals surface area contributed by atoms with Gasteiger partial charge in [-0.3, -0.25) is 4.98 Å². The van der Waals surface area contributed by atoms with Gasteiger partial charge in [0, 0.05) is 5.69 Å². The molecule has 0 radical (unpaired) electrons. The SMILES string of the molecule is Cc1ccc(O)c(CNc2ccc(C(F)(F)F)nc2)n1. The highest BCUT2D eigenvalue weighted by Crippen LogP contribution is 2.27. The normalized spacial score (nSPS) is 11.4. The molecule has 0 unspecified atom stereocenters. The second kappa shape index (κ2) is 5.36. The molecule has 0 spiro atoms. The van der Waals surface area contributed by atoms with Crippen LogP contribution in [0.1, 0.15) is 17.1 Å². The van der Waals surface area contributed by atoms with E-state index in [1.165, 1.54) is 12.1 Å². The third-order valence-corrected chi connectivity index (χ3v) is 2.60. The molecule has 0 saturated heterocycles. The Morgan fingerprint density at radius 2 is 1.95 bits per heavy atom. The number of anilines is 1. The number of hydrogen-bond acceptors (Lipinski definition) is 4. The Hall–Kier alpha value is -2.31. The van der Waals surface area contributed by atoms with Crippen molar-refractivity contribution in [1.82, 2.24) is 9.97 Å². The van der Waals surface area contributed by atoms with Gasteiger partial charge in [0.1, 0.15) is 17.1 Å². The van der Waals surface area contributed by atoms with Gasteiger partial charge in [0.25, 0.3) is 0 Å². The van der Waals surface area contributed by atoms with Crippen molar-refractivity contribution in [3.63, 3.8) is 0 Å². The summed E-state index contributed by atoms with van der Waals surface area (Å²) in [5, 5.41) is 12.5. The van der Waals surface area contributed by atoms with E-state index in [-0.39, 0.29) is 12.3 Å². The zero-order chi connectivity index (χ0) is 14.8. The largest absolute Gasteiger partial charge is 0.506 e. The summed E-state index contributed by atoms with van der Waals surface area (Å²) in [5.41, 5.74) is 0.635. The molecular weight excluding hydrogens is 271 g/mol. The van der Waals surface area contributed by atoms with Crippen molar-refractivity contribution in [1.29, 1.82) is 0 Å². The Morgan fingerprint density at radius 3 is 2.55 bits per heavy atom. The van der Waals surface area contributed by atoms with E-state index in [1.54, 1.807) is 13.0 Å². The zero-order valence-corrected chi connectivity index (χ0v) is 10.6. The summed E-state index contributed by atoms with van der Waals surface area (Å²) in [6.45, 7) is 1.98. The molecule has 4 nitrogen and oxygen atoms in total. The minimum absolute atomic E-state index is 0.0305. The fourth-order valence-corrected chi connectivity index (χ4v) is 1.59. The Kier molecular flexibility index (Phi) is 3.78. The molecule has 20 heavy (non-hydrogen) atoms. The van der Waals surface area contributed by atoms with Gasteiger partial charge in [-0.2, -0.15) is 13.2 Å². The molecule has 2 aromatic rings. The number of nitrogens with zero attached hydrogens (tertiary/aromatic N) is 2. The maximum absolute atomic E-state index is 12.3. The van der Waals surface area contributed by atoms with Gasteiger partial charge >= 0.3 is 6.18 Å². The third-order valence-electron chi connectivity index (χ3n) is 2.60. The molecule has 2 rings (SSSR count). The third kappa shape index (κ3) is 3.37. The summed E-state index contributed by atoms with van der Waals surface area (Å²) < 4.78 is 37.0. The van der Waals surface area contributed by atoms with Crippen LogP contribution >= 0.6 is 0 Å². The van der Waals surface area contributed by atoms with Gasteiger partial charge in [-0.05, 0) is 31.2 Å². The van der Waals surface area contributed by atoms with Crippen molar-refractivity contribution >= 4 is 5.69 Å². The van der Waals surface area contributed by atoms with Crippen LogP contribution in [0.5, 0.6) is 5.75 Å². The van der Waals surface area contributed by atoms with Gasteiger partial charge in [0.15, 0.2) is 0 Å². The van der Waals surface area contributed by atoms with Crippen molar-refractivity contribution in [3.8, 4) is 5.75 Å². The van der Waals surface area contributed by atoms with Crippen LogP contribution in [0.3, 0.4) is 0 Å². The summed E-state index contributed by atoms with van der Waals surface area (Å²) in [6.07, 6.45) is -3.36. The molecule has 2 aromatic heterocycles. The summed E-state index contributed by atoms with van der Waals surface area (Å²) >= 11 is 0. The predicted molar refractivity (Wildman–Crippen MR) is 67.2 cm³/mol. The van der Waals surface area contributed by atoms with Gasteiger partial charge in [0.05, 0.1) is 18.4 Å². The van der Waals surface area contributed by atoms with Gasteiger partial charge in [-0.25, -0.2) is 4.98 Å². The van der Waals surface area contributed by atoms with Crippen molar-refractivity contribution in [2.45, 2.75) is 19.6 Å². The monoisotopic (exact) mass is 283 g/mol. The van der Waals surface area contributed by atoms with Gasteiger partial charge in [-0.1, -0.05) is 0 Å². The van der Waals surface area contributed by atoms with E-state index < -0.39 is 11.9 Å². The number of aromatic nitrogens is 2. The van der Waals surface area contributed by atoms with Crippen LogP contribution in [-0.4, -0.2) is 15.1 Å². The lowest BCUT2D eigenvalue weighted by Gasteiger charge is -2.09. The van der Waals surface area contributed by atoms with E-state index in [1.807, 2.05) is 0 Å². The lowest BCUT2D eigenvalue weighted by molar-refractivity contribution is -0.141. The molecule has 0 aliphatic rings. The number of aryl methyl sites for hydroxylation is 1. The first kappa shape index (κ1) is 14.1. The van der Waals surface area contributed by atoms with Crippen LogP contribution in [-0.2, 0) is 12.7 Å². The smallest absolute Gasteiger partial charge is 0.433 e. The maximum atomic E-state index is 12.3. The number of rotatable bonds is 3. The molecule has 7 heteroatoms. The van der Waals surface area contributed by atoms with E-state index >= 15 is 0 Å². The lowest BCUT2D eigenvalue weighted by Crippen LogP contribution is -2.08. The Bertz CT molecular complexity index is 597. The first-order chi connectivity index (χ1) is 9.36. The van der Waals surface area contributed by atoms with Crippen LogP contribution in [0.15, 0.2) is 30.5 Å². The Balaban J connectivity index is 2.06. The molecule has 0 aliphatic heterocycles. The molecule has 0 aliphatic carbocycles. The molecule has 2 heterocycles. The first-order valence-corrected chi connectivity index (χ1v) is 5.79. The summed E-state index contributed by atoms with van der Waals surface area (Å²) in [7, 11) is 0. The average Bonchev–Trinajstić information content (AvgIpc) is 2.39. The molecule has 0 saturated carbocycles. The van der Waals surface area contributed by atoms with Gasteiger partial charge in [-0.15, -0.1) is 0 Å². The van der Waals surface area contributed by atoms with Crippen LogP contribution in [0.4, 0.5) is 18.9 Å². The van der Waals surface area contributed by atoms with Crippen LogP contribution < -0.4 is 5.32 Å². The van der Waals surface area contributed by atoms with E-state index in [2.05, 4.69) is 15.3 Å². The zero-order valence-electron chi connectivity index (χ0n) is 10.6. The number of pyridine rings is 2. The van der Waals surface area contributed by atoms with Crippen molar-refractivity contribution < 1.29 is 18.3 Å². The Morgan fingerprint density at radius 1 is 1.20 bits per heavy atom. The average molecular weight is 283 g/mol. The summed E-state index contributed by atoms with van der Waals surface area (Å²) in [6, 6.07) is 5.36. The number of hydrogen-bond donors (Lipinski definition) is 2. The van der Waals surface area contributed by atoms with Gasteiger partial charge < -0.3 is 10.4 Å². The van der Waals surface area contributed by atoms with Crippen LogP contribution in [0.2, 0.25) is 0 Å². The fraction of sp³-hybridized carbons (Fsp3) is 0.231. The van der Waals surface area contributed by atoms with Crippen LogP contribution in [0, 0.1) is 6.92 Å². The molecule has 0 bridgehead atoms. The van der Waals surface area contributed by atoms with E-state index in [0.29, 0.717) is 11.4 Å². The van der Waals surface area contributed by atoms with Crippen molar-refractivity contribution in [2.75, 3.05) is 5.32 Å². The standard InChI is InChI=1S/C13H12F3N3O/c1-8-2-4-11(20)10(19-8)7-17-9-3-5-12(18-6-9)13(14,15)16/h2-6,17,20H,7H2,1H3. The van der Waals surface area contributed by atoms with Crippen LogP contribution in [0.25, 0.3) is 0 Å². The second-order valence-corrected chi connectivity index (χ2v) is 4.20. The minimum Gasteiger partial charge on any atom is -0.506 e. The van der Waals surface area contributed by atoms with E-state index in [0.717, 1.165) is 18.0 Å². The molecule has 0 aromatic carbocycles. The molecule has 0 atom stereocenters. The topological polar surface area (TPSA) is 58.0 Å². The van der Waals surface area contributed by atoms with E-state index in [9.17, 15) is 18.3 Å². The highest BCUT2D eigenvalue weighted by Gasteiger charge is 2.31. The Labute approximate surface area is 113 Å². The molecule has 2 N–H and O–H groups in total. The number of aromatic hydroxyl groups is 1. The molecular formula is C13H12F3N3O. The summed E-state index contributed by atoms with van der Waals surface area (Å²) in [5.74, 6) is 0.0305. The maximum Gasteiger partial charge on any atom is 0.433 e. The second-order valence-electron chi connectivity index (χ2n) is 4.20.